The molecule has 0 saturated carbocycles. The summed E-state index contributed by atoms with van der Waals surface area (Å²) in [4.78, 5) is 22.9. The van der Waals surface area contributed by atoms with Crippen molar-refractivity contribution >= 4 is 32.7 Å². The van der Waals surface area contributed by atoms with E-state index < -0.39 is 12.2 Å². The largest absolute Gasteiger partial charge is 0.470 e. The van der Waals surface area contributed by atoms with E-state index in [1.165, 1.54) is 40.2 Å². The Morgan fingerprint density at radius 3 is 2.49 bits per heavy atom. The second-order valence-electron chi connectivity index (χ2n) is 8.93. The van der Waals surface area contributed by atoms with Gasteiger partial charge in [0, 0.05) is 12.6 Å². The van der Waals surface area contributed by atoms with Crippen LogP contribution in [-0.4, -0.2) is 37.4 Å². The lowest BCUT2D eigenvalue weighted by Crippen LogP contribution is -2.21. The maximum Gasteiger partial charge on any atom is 0.387 e. The minimum absolute atomic E-state index is 0.0169. The Morgan fingerprint density at radius 1 is 1.11 bits per heavy atom. The average Bonchev–Trinajstić information content (AvgIpc) is 3.39. The van der Waals surface area contributed by atoms with E-state index in [4.69, 9.17) is 4.74 Å². The quantitative estimate of drug-likeness (QED) is 0.312. The second kappa shape index (κ2) is 9.24. The fourth-order valence-corrected chi connectivity index (χ4v) is 5.18. The molecule has 0 bridgehead atoms. The van der Waals surface area contributed by atoms with Crippen molar-refractivity contribution < 1.29 is 23.4 Å². The van der Waals surface area contributed by atoms with Gasteiger partial charge in [0.1, 0.15) is 17.2 Å². The van der Waals surface area contributed by atoms with Gasteiger partial charge in [-0.1, -0.05) is 17.4 Å². The minimum Gasteiger partial charge on any atom is -0.470 e. The summed E-state index contributed by atoms with van der Waals surface area (Å²) in [5, 5.41) is 10.9. The molecule has 8 nitrogen and oxygen atoms in total. The highest BCUT2D eigenvalue weighted by atomic mass is 32.1. The molecule has 0 aliphatic heterocycles. The SMILES string of the molecule is CCOc1nc2c(cc(-c3ccc4nc(C(C)(C)O)n(C)c4c3)c(=O)n2-c2ccc(OC(F)F)cc2)s1. The number of pyridine rings is 1. The molecule has 3 heterocycles. The first-order valence-electron chi connectivity index (χ1n) is 11.5. The van der Waals surface area contributed by atoms with Gasteiger partial charge >= 0.3 is 6.61 Å². The summed E-state index contributed by atoms with van der Waals surface area (Å²) in [7, 11) is 1.81. The Bertz CT molecular complexity index is 1670. The van der Waals surface area contributed by atoms with Crippen LogP contribution in [0.2, 0.25) is 0 Å². The van der Waals surface area contributed by atoms with Gasteiger partial charge in [0.25, 0.3) is 10.8 Å². The van der Waals surface area contributed by atoms with Crippen molar-refractivity contribution in [2.24, 2.45) is 7.05 Å². The molecule has 0 aliphatic carbocycles. The van der Waals surface area contributed by atoms with Crippen LogP contribution in [0.1, 0.15) is 26.6 Å². The van der Waals surface area contributed by atoms with Crippen LogP contribution in [0.4, 0.5) is 8.78 Å². The molecule has 1 N–H and O–H groups in total. The summed E-state index contributed by atoms with van der Waals surface area (Å²) in [6.07, 6.45) is 0. The number of nitrogens with zero attached hydrogens (tertiary/aromatic N) is 4. The Morgan fingerprint density at radius 2 is 1.84 bits per heavy atom. The maximum absolute atomic E-state index is 13.9. The zero-order chi connectivity index (χ0) is 26.5. The molecule has 0 radical (unpaired) electrons. The molecule has 5 aromatic rings. The number of rotatable bonds is 7. The number of hydrogen-bond acceptors (Lipinski definition) is 7. The third-order valence-corrected chi connectivity index (χ3v) is 6.77. The van der Waals surface area contributed by atoms with Crippen LogP contribution >= 0.6 is 11.3 Å². The summed E-state index contributed by atoms with van der Waals surface area (Å²) in [6.45, 7) is 2.64. The number of aliphatic hydroxyl groups is 1. The first kappa shape index (κ1) is 24.8. The topological polar surface area (TPSA) is 91.4 Å². The van der Waals surface area contributed by atoms with E-state index in [9.17, 15) is 18.7 Å². The molecule has 3 aromatic heterocycles. The Hall–Kier alpha value is -3.83. The lowest BCUT2D eigenvalue weighted by Gasteiger charge is -2.16. The highest BCUT2D eigenvalue weighted by molar-refractivity contribution is 7.20. The molecule has 0 unspecified atom stereocenters. The van der Waals surface area contributed by atoms with Crippen molar-refractivity contribution in [1.82, 2.24) is 19.1 Å². The van der Waals surface area contributed by atoms with E-state index in [-0.39, 0.29) is 11.3 Å². The number of alkyl halides is 2. The number of aryl methyl sites for hydroxylation is 1. The number of imidazole rings is 1. The zero-order valence-electron chi connectivity index (χ0n) is 20.5. The fraction of sp³-hybridized carbons (Fsp3) is 0.269. The van der Waals surface area contributed by atoms with Crippen LogP contribution < -0.4 is 15.0 Å². The van der Waals surface area contributed by atoms with Gasteiger partial charge in [-0.05, 0) is 68.8 Å². The molecule has 0 amide bonds. The number of benzene rings is 2. The first-order valence-corrected chi connectivity index (χ1v) is 12.3. The van der Waals surface area contributed by atoms with Crippen LogP contribution in [-0.2, 0) is 12.6 Å². The lowest BCUT2D eigenvalue weighted by atomic mass is 10.1. The van der Waals surface area contributed by atoms with Gasteiger partial charge in [-0.2, -0.15) is 13.8 Å². The van der Waals surface area contributed by atoms with Gasteiger partial charge < -0.3 is 19.1 Å². The number of ether oxygens (including phenoxy) is 2. The Labute approximate surface area is 214 Å². The molecule has 0 atom stereocenters. The van der Waals surface area contributed by atoms with E-state index in [0.29, 0.717) is 50.3 Å². The van der Waals surface area contributed by atoms with Crippen molar-refractivity contribution in [1.29, 1.82) is 0 Å². The summed E-state index contributed by atoms with van der Waals surface area (Å²) in [5.41, 5.74) is 1.88. The fourth-order valence-electron chi connectivity index (χ4n) is 4.28. The normalized spacial score (nSPS) is 12.1. The van der Waals surface area contributed by atoms with Gasteiger partial charge in [-0.15, -0.1) is 0 Å². The molecule has 0 aliphatic rings. The van der Waals surface area contributed by atoms with Crippen molar-refractivity contribution in [3.8, 4) is 27.8 Å². The maximum atomic E-state index is 13.9. The van der Waals surface area contributed by atoms with Crippen molar-refractivity contribution in [2.45, 2.75) is 33.0 Å². The van der Waals surface area contributed by atoms with E-state index in [2.05, 4.69) is 14.7 Å². The molecule has 0 spiro atoms. The summed E-state index contributed by atoms with van der Waals surface area (Å²) < 4.78 is 39.2. The Kier molecular flexibility index (Phi) is 6.20. The van der Waals surface area contributed by atoms with Crippen molar-refractivity contribution in [3.63, 3.8) is 0 Å². The Balaban J connectivity index is 1.72. The van der Waals surface area contributed by atoms with E-state index in [0.717, 1.165) is 5.52 Å². The van der Waals surface area contributed by atoms with Crippen LogP contribution in [0.15, 0.2) is 53.3 Å². The van der Waals surface area contributed by atoms with Crippen molar-refractivity contribution in [3.05, 3.63) is 64.7 Å². The van der Waals surface area contributed by atoms with Gasteiger partial charge in [-0.3, -0.25) is 9.36 Å². The standard InChI is InChI=1S/C26H24F2N4O4S/c1-5-35-25-30-21-20(37-25)13-17(22(33)32(21)15-7-9-16(10-8-15)36-24(27)28)14-6-11-18-19(12-14)31(4)23(29-18)26(2,3)34/h6-13,24,34H,5H2,1-4H3. The number of fused-ring (bicyclic) bond motifs is 2. The molecular weight excluding hydrogens is 502 g/mol. The van der Waals surface area contributed by atoms with Crippen LogP contribution in [0.3, 0.4) is 0 Å². The predicted octanol–water partition coefficient (Wildman–Crippen LogP) is 5.23. The highest BCUT2D eigenvalue weighted by Crippen LogP contribution is 2.33. The van der Waals surface area contributed by atoms with Gasteiger partial charge in [0.05, 0.1) is 28.0 Å². The number of hydrogen-bond donors (Lipinski definition) is 1. The molecule has 0 fully saturated rings. The molecule has 11 heteroatoms. The van der Waals surface area contributed by atoms with Gasteiger partial charge in [-0.25, -0.2) is 4.98 Å². The van der Waals surface area contributed by atoms with Gasteiger partial charge in [0.2, 0.25) is 0 Å². The third-order valence-electron chi connectivity index (χ3n) is 5.86. The number of aromatic nitrogens is 4. The van der Waals surface area contributed by atoms with Crippen molar-refractivity contribution in [2.75, 3.05) is 6.61 Å². The molecule has 0 saturated heterocycles. The van der Waals surface area contributed by atoms with Crippen LogP contribution in [0.5, 0.6) is 10.9 Å². The lowest BCUT2D eigenvalue weighted by molar-refractivity contribution is -0.0498. The molecule has 37 heavy (non-hydrogen) atoms. The van der Waals surface area contributed by atoms with Crippen LogP contribution in [0.25, 0.3) is 38.2 Å². The molecular formula is C26H24F2N4O4S. The molecule has 2 aromatic carbocycles. The predicted molar refractivity (Wildman–Crippen MR) is 138 cm³/mol. The second-order valence-corrected chi connectivity index (χ2v) is 9.92. The van der Waals surface area contributed by atoms with E-state index in [1.54, 1.807) is 30.5 Å². The molecule has 5 rings (SSSR count). The first-order chi connectivity index (χ1) is 17.6. The van der Waals surface area contributed by atoms with Gasteiger partial charge in [0.15, 0.2) is 5.65 Å². The summed E-state index contributed by atoms with van der Waals surface area (Å²) >= 11 is 1.31. The molecule has 192 valence electrons. The minimum atomic E-state index is -2.95. The number of thiazole rings is 1. The van der Waals surface area contributed by atoms with E-state index >= 15 is 0 Å². The number of halogens is 2. The van der Waals surface area contributed by atoms with E-state index in [1.807, 2.05) is 26.1 Å². The zero-order valence-corrected chi connectivity index (χ0v) is 21.3. The third kappa shape index (κ3) is 4.56. The highest BCUT2D eigenvalue weighted by Gasteiger charge is 2.24. The summed E-state index contributed by atoms with van der Waals surface area (Å²) in [6, 6.07) is 13.1. The smallest absolute Gasteiger partial charge is 0.387 e. The average molecular weight is 527 g/mol. The summed E-state index contributed by atoms with van der Waals surface area (Å²) in [5.74, 6) is 0.485. The van der Waals surface area contributed by atoms with Crippen LogP contribution in [0, 0.1) is 0 Å². The monoisotopic (exact) mass is 526 g/mol.